The van der Waals surface area contributed by atoms with E-state index in [2.05, 4.69) is 0 Å². The maximum Gasteiger partial charge on any atom is 0.332 e. The Morgan fingerprint density at radius 3 is 3.00 bits per heavy atom. The molecule has 0 saturated heterocycles. The number of carbonyl (C=O) groups excluding carboxylic acids is 1. The van der Waals surface area contributed by atoms with Crippen LogP contribution >= 0.6 is 0 Å². The molecular formula is C12H12N2O2. The molecule has 0 bridgehead atoms. The first-order valence-corrected chi connectivity index (χ1v) is 4.71. The van der Waals surface area contributed by atoms with Crippen LogP contribution in [-0.2, 0) is 16.1 Å². The molecule has 1 rings (SSSR count). The summed E-state index contributed by atoms with van der Waals surface area (Å²) in [6, 6.07) is 8.90. The van der Waals surface area contributed by atoms with Crippen LogP contribution in [0.5, 0.6) is 0 Å². The van der Waals surface area contributed by atoms with Gasteiger partial charge in [0.25, 0.3) is 0 Å². The second-order valence-electron chi connectivity index (χ2n) is 3.31. The molecule has 0 aliphatic rings. The van der Waals surface area contributed by atoms with E-state index in [0.717, 1.165) is 5.56 Å². The molecule has 0 radical (unpaired) electrons. The zero-order chi connectivity index (χ0) is 12.0. The lowest BCUT2D eigenvalue weighted by Crippen LogP contribution is -2.04. The van der Waals surface area contributed by atoms with E-state index in [9.17, 15) is 4.79 Å². The number of allylic oxidation sites excluding steroid dienone is 1. The fourth-order valence-corrected chi connectivity index (χ4v) is 1.11. The first-order chi connectivity index (χ1) is 7.61. The van der Waals surface area contributed by atoms with Gasteiger partial charge in [-0.25, -0.2) is 4.79 Å². The third-order valence-corrected chi connectivity index (χ3v) is 1.78. The van der Waals surface area contributed by atoms with Gasteiger partial charge in [0.15, 0.2) is 0 Å². The van der Waals surface area contributed by atoms with Crippen molar-refractivity contribution in [2.75, 3.05) is 0 Å². The highest BCUT2D eigenvalue weighted by Gasteiger charge is 2.00. The van der Waals surface area contributed by atoms with Gasteiger partial charge in [-0.3, -0.25) is 0 Å². The molecule has 0 amide bonds. The van der Waals surface area contributed by atoms with Gasteiger partial charge in [0, 0.05) is 11.8 Å². The Balaban J connectivity index is 2.59. The topological polar surface area (TPSA) is 76.1 Å². The van der Waals surface area contributed by atoms with Gasteiger partial charge in [-0.1, -0.05) is 12.1 Å². The molecule has 1 aromatic carbocycles. The largest absolute Gasteiger partial charge is 0.458 e. The lowest BCUT2D eigenvalue weighted by atomic mass is 10.1. The molecule has 1 aromatic rings. The zero-order valence-electron chi connectivity index (χ0n) is 8.93. The molecule has 0 aliphatic carbocycles. The average molecular weight is 216 g/mol. The number of hydrogen-bond acceptors (Lipinski definition) is 4. The van der Waals surface area contributed by atoms with Crippen molar-refractivity contribution in [2.24, 2.45) is 5.73 Å². The first-order valence-electron chi connectivity index (χ1n) is 4.71. The fourth-order valence-electron chi connectivity index (χ4n) is 1.11. The molecular weight excluding hydrogens is 204 g/mol. The van der Waals surface area contributed by atoms with Crippen LogP contribution in [0.2, 0.25) is 0 Å². The van der Waals surface area contributed by atoms with Gasteiger partial charge >= 0.3 is 5.97 Å². The SMILES string of the molecule is C/C(N)=C/C(=O)OCc1cccc(C#N)c1. The summed E-state index contributed by atoms with van der Waals surface area (Å²) in [5.41, 5.74) is 7.04. The summed E-state index contributed by atoms with van der Waals surface area (Å²) in [5.74, 6) is -0.484. The first kappa shape index (κ1) is 11.8. The van der Waals surface area contributed by atoms with Crippen LogP contribution in [0, 0.1) is 11.3 Å². The standard InChI is InChI=1S/C12H12N2O2/c1-9(14)5-12(15)16-8-11-4-2-3-10(6-11)7-13/h2-6H,8,14H2,1H3/b9-5-. The van der Waals surface area contributed by atoms with E-state index >= 15 is 0 Å². The Morgan fingerprint density at radius 2 is 2.38 bits per heavy atom. The molecule has 0 unspecified atom stereocenters. The highest BCUT2D eigenvalue weighted by molar-refractivity contribution is 5.82. The van der Waals surface area contributed by atoms with Crippen LogP contribution in [0.25, 0.3) is 0 Å². The molecule has 16 heavy (non-hydrogen) atoms. The minimum absolute atomic E-state index is 0.137. The van der Waals surface area contributed by atoms with E-state index < -0.39 is 5.97 Å². The minimum Gasteiger partial charge on any atom is -0.458 e. The second kappa shape index (κ2) is 5.56. The Bertz CT molecular complexity index is 454. The molecule has 0 atom stereocenters. The number of nitrogens with zero attached hydrogens (tertiary/aromatic N) is 1. The van der Waals surface area contributed by atoms with Gasteiger partial charge in [0.2, 0.25) is 0 Å². The van der Waals surface area contributed by atoms with E-state index in [1.54, 1.807) is 31.2 Å². The van der Waals surface area contributed by atoms with Gasteiger partial charge < -0.3 is 10.5 Å². The summed E-state index contributed by atoms with van der Waals surface area (Å²) in [6.07, 6.45) is 1.22. The maximum atomic E-state index is 11.1. The van der Waals surface area contributed by atoms with Crippen LogP contribution in [-0.4, -0.2) is 5.97 Å². The minimum atomic E-state index is -0.484. The zero-order valence-corrected chi connectivity index (χ0v) is 8.93. The van der Waals surface area contributed by atoms with Crippen molar-refractivity contribution < 1.29 is 9.53 Å². The molecule has 0 aromatic heterocycles. The van der Waals surface area contributed by atoms with Crippen molar-refractivity contribution in [2.45, 2.75) is 13.5 Å². The number of hydrogen-bond donors (Lipinski definition) is 1. The predicted molar refractivity (Wildman–Crippen MR) is 58.9 cm³/mol. The highest BCUT2D eigenvalue weighted by atomic mass is 16.5. The third kappa shape index (κ3) is 3.84. The molecule has 82 valence electrons. The smallest absolute Gasteiger partial charge is 0.332 e. The van der Waals surface area contributed by atoms with E-state index in [1.165, 1.54) is 6.08 Å². The predicted octanol–water partition coefficient (Wildman–Crippen LogP) is 1.46. The lowest BCUT2D eigenvalue weighted by Gasteiger charge is -2.02. The van der Waals surface area contributed by atoms with Crippen LogP contribution in [0.4, 0.5) is 0 Å². The molecule has 0 heterocycles. The maximum absolute atomic E-state index is 11.1. The van der Waals surface area contributed by atoms with Gasteiger partial charge in [0.05, 0.1) is 11.6 Å². The molecule has 4 heteroatoms. The van der Waals surface area contributed by atoms with Crippen molar-refractivity contribution in [3.8, 4) is 6.07 Å². The van der Waals surface area contributed by atoms with Crippen LogP contribution in [0.3, 0.4) is 0 Å². The molecule has 0 spiro atoms. The van der Waals surface area contributed by atoms with Gasteiger partial charge in [-0.15, -0.1) is 0 Å². The summed E-state index contributed by atoms with van der Waals surface area (Å²) >= 11 is 0. The molecule has 4 nitrogen and oxygen atoms in total. The number of rotatable bonds is 3. The Morgan fingerprint density at radius 1 is 1.62 bits per heavy atom. The molecule has 0 saturated carbocycles. The Hall–Kier alpha value is -2.28. The van der Waals surface area contributed by atoms with Crippen LogP contribution in [0.15, 0.2) is 36.0 Å². The molecule has 2 N–H and O–H groups in total. The van der Waals surface area contributed by atoms with Gasteiger partial charge in [-0.05, 0) is 24.6 Å². The summed E-state index contributed by atoms with van der Waals surface area (Å²) in [7, 11) is 0. The Labute approximate surface area is 93.9 Å². The van der Waals surface area contributed by atoms with E-state index in [4.69, 9.17) is 15.7 Å². The number of nitrogens with two attached hydrogens (primary N) is 1. The van der Waals surface area contributed by atoms with Crippen LogP contribution < -0.4 is 5.73 Å². The van der Waals surface area contributed by atoms with E-state index in [-0.39, 0.29) is 6.61 Å². The van der Waals surface area contributed by atoms with E-state index in [0.29, 0.717) is 11.3 Å². The van der Waals surface area contributed by atoms with Gasteiger partial charge in [-0.2, -0.15) is 5.26 Å². The highest BCUT2D eigenvalue weighted by Crippen LogP contribution is 2.05. The summed E-state index contributed by atoms with van der Waals surface area (Å²) < 4.78 is 4.93. The number of benzene rings is 1. The van der Waals surface area contributed by atoms with Crippen molar-refractivity contribution in [1.82, 2.24) is 0 Å². The Kier molecular flexibility index (Phi) is 4.10. The van der Waals surface area contributed by atoms with Gasteiger partial charge in [0.1, 0.15) is 6.61 Å². The fraction of sp³-hybridized carbons (Fsp3) is 0.167. The summed E-state index contributed by atoms with van der Waals surface area (Å²) in [5, 5.41) is 8.67. The number of carbonyl (C=O) groups is 1. The molecule has 0 aliphatic heterocycles. The quantitative estimate of drug-likeness (QED) is 0.613. The second-order valence-corrected chi connectivity index (χ2v) is 3.31. The van der Waals surface area contributed by atoms with Crippen molar-refractivity contribution in [1.29, 1.82) is 5.26 Å². The monoisotopic (exact) mass is 216 g/mol. The van der Waals surface area contributed by atoms with E-state index in [1.807, 2.05) is 6.07 Å². The third-order valence-electron chi connectivity index (χ3n) is 1.78. The van der Waals surface area contributed by atoms with Crippen molar-refractivity contribution in [3.63, 3.8) is 0 Å². The summed E-state index contributed by atoms with van der Waals surface area (Å²) in [4.78, 5) is 11.1. The lowest BCUT2D eigenvalue weighted by molar-refractivity contribution is -0.139. The number of esters is 1. The summed E-state index contributed by atoms with van der Waals surface area (Å²) in [6.45, 7) is 1.75. The number of nitriles is 1. The van der Waals surface area contributed by atoms with Crippen LogP contribution in [0.1, 0.15) is 18.1 Å². The van der Waals surface area contributed by atoms with Crippen molar-refractivity contribution in [3.05, 3.63) is 47.2 Å². The normalized spacial score (nSPS) is 10.6. The molecule has 0 fully saturated rings. The van der Waals surface area contributed by atoms with Crippen molar-refractivity contribution >= 4 is 5.97 Å². The number of ether oxygens (including phenoxy) is 1. The average Bonchev–Trinajstić information content (AvgIpc) is 2.26.